The Morgan fingerprint density at radius 3 is 2.56 bits per heavy atom. The lowest BCUT2D eigenvalue weighted by Gasteiger charge is -2.13. The van der Waals surface area contributed by atoms with Crippen molar-refractivity contribution in [1.29, 1.82) is 5.41 Å². The second kappa shape index (κ2) is 5.23. The van der Waals surface area contributed by atoms with Crippen LogP contribution in [-0.4, -0.2) is 5.84 Å². The van der Waals surface area contributed by atoms with Crippen molar-refractivity contribution in [2.24, 2.45) is 5.73 Å². The molecule has 0 saturated heterocycles. The summed E-state index contributed by atoms with van der Waals surface area (Å²) in [5.41, 5.74) is 7.11. The predicted molar refractivity (Wildman–Crippen MR) is 76.4 cm³/mol. The van der Waals surface area contributed by atoms with Crippen LogP contribution in [0.5, 0.6) is 11.5 Å². The summed E-state index contributed by atoms with van der Waals surface area (Å²) < 4.78 is 6.73. The van der Waals surface area contributed by atoms with Crippen LogP contribution in [0.2, 0.25) is 0 Å². The van der Waals surface area contributed by atoms with Gasteiger partial charge in [0.25, 0.3) is 0 Å². The van der Waals surface area contributed by atoms with Crippen LogP contribution in [0.15, 0.2) is 46.9 Å². The van der Waals surface area contributed by atoms with E-state index < -0.39 is 0 Å². The maximum Gasteiger partial charge on any atom is 0.141 e. The van der Waals surface area contributed by atoms with Crippen molar-refractivity contribution in [3.63, 3.8) is 0 Å². The van der Waals surface area contributed by atoms with Gasteiger partial charge in [-0.1, -0.05) is 24.3 Å². The number of amidine groups is 1. The van der Waals surface area contributed by atoms with E-state index in [1.54, 1.807) is 6.07 Å². The molecular weight excluding hydrogens is 292 g/mol. The largest absolute Gasteiger partial charge is 0.455 e. The summed E-state index contributed by atoms with van der Waals surface area (Å²) >= 11 is 3.43. The number of nitrogens with one attached hydrogen (secondary N) is 1. The molecule has 3 N–H and O–H groups in total. The van der Waals surface area contributed by atoms with Gasteiger partial charge in [-0.3, -0.25) is 5.41 Å². The standard InChI is InChI=1S/C14H13BrN2O/c1-9-5-4-6-10(14(16)17)13(9)18-12-8-3-2-7-11(12)15/h2-8H,1H3,(H3,16,17). The number of rotatable bonds is 3. The summed E-state index contributed by atoms with van der Waals surface area (Å²) in [6.45, 7) is 1.93. The summed E-state index contributed by atoms with van der Waals surface area (Å²) in [4.78, 5) is 0. The Labute approximate surface area is 114 Å². The van der Waals surface area contributed by atoms with Gasteiger partial charge in [0, 0.05) is 0 Å². The van der Waals surface area contributed by atoms with E-state index in [1.807, 2.05) is 43.3 Å². The lowest BCUT2D eigenvalue weighted by molar-refractivity contribution is 0.475. The van der Waals surface area contributed by atoms with Gasteiger partial charge in [0.2, 0.25) is 0 Å². The molecule has 0 heterocycles. The highest BCUT2D eigenvalue weighted by molar-refractivity contribution is 9.10. The average Bonchev–Trinajstić information content (AvgIpc) is 2.34. The lowest BCUT2D eigenvalue weighted by atomic mass is 10.1. The van der Waals surface area contributed by atoms with E-state index >= 15 is 0 Å². The summed E-state index contributed by atoms with van der Waals surface area (Å²) in [5, 5.41) is 7.58. The molecule has 92 valence electrons. The fraction of sp³-hybridized carbons (Fsp3) is 0.0714. The molecule has 0 atom stereocenters. The molecule has 3 nitrogen and oxygen atoms in total. The highest BCUT2D eigenvalue weighted by Gasteiger charge is 2.11. The third-order valence-corrected chi connectivity index (χ3v) is 3.21. The third-order valence-electron chi connectivity index (χ3n) is 2.55. The van der Waals surface area contributed by atoms with Crippen molar-refractivity contribution in [3.8, 4) is 11.5 Å². The molecule has 0 fully saturated rings. The fourth-order valence-electron chi connectivity index (χ4n) is 1.64. The van der Waals surface area contributed by atoms with Crippen LogP contribution in [0.3, 0.4) is 0 Å². The normalized spacial score (nSPS) is 10.1. The van der Waals surface area contributed by atoms with Crippen LogP contribution in [-0.2, 0) is 0 Å². The first-order chi connectivity index (χ1) is 8.59. The van der Waals surface area contributed by atoms with Crippen molar-refractivity contribution >= 4 is 21.8 Å². The van der Waals surface area contributed by atoms with Gasteiger partial charge in [-0.05, 0) is 46.6 Å². The molecule has 0 radical (unpaired) electrons. The van der Waals surface area contributed by atoms with Crippen molar-refractivity contribution in [2.45, 2.75) is 6.92 Å². The smallest absolute Gasteiger partial charge is 0.141 e. The Morgan fingerprint density at radius 2 is 1.89 bits per heavy atom. The van der Waals surface area contributed by atoms with Gasteiger partial charge in [-0.2, -0.15) is 0 Å². The Bertz CT molecular complexity index is 596. The summed E-state index contributed by atoms with van der Waals surface area (Å²) in [7, 11) is 0. The summed E-state index contributed by atoms with van der Waals surface area (Å²) in [6, 6.07) is 13.1. The minimum absolute atomic E-state index is 0.000698. The number of nitrogen functional groups attached to an aromatic ring is 1. The summed E-state index contributed by atoms with van der Waals surface area (Å²) in [6.07, 6.45) is 0. The van der Waals surface area contributed by atoms with E-state index in [1.165, 1.54) is 0 Å². The zero-order valence-corrected chi connectivity index (χ0v) is 11.5. The van der Waals surface area contributed by atoms with Gasteiger partial charge in [-0.25, -0.2) is 0 Å². The third kappa shape index (κ3) is 2.54. The number of hydrogen-bond acceptors (Lipinski definition) is 2. The minimum atomic E-state index is 0.000698. The molecule has 2 aromatic rings. The van der Waals surface area contributed by atoms with Crippen molar-refractivity contribution < 1.29 is 4.74 Å². The molecule has 0 aromatic heterocycles. The number of para-hydroxylation sites is 2. The first-order valence-corrected chi connectivity index (χ1v) is 6.25. The molecular formula is C14H13BrN2O. The molecule has 0 amide bonds. The van der Waals surface area contributed by atoms with Gasteiger partial charge < -0.3 is 10.5 Å². The molecule has 0 bridgehead atoms. The maximum absolute atomic E-state index is 7.58. The number of halogens is 1. The minimum Gasteiger partial charge on any atom is -0.455 e. The number of nitrogens with two attached hydrogens (primary N) is 1. The Morgan fingerprint density at radius 1 is 1.17 bits per heavy atom. The van der Waals surface area contributed by atoms with Gasteiger partial charge in [-0.15, -0.1) is 0 Å². The lowest BCUT2D eigenvalue weighted by Crippen LogP contribution is -2.12. The van der Waals surface area contributed by atoms with Crippen molar-refractivity contribution in [3.05, 3.63) is 58.1 Å². The first kappa shape index (κ1) is 12.6. The SMILES string of the molecule is Cc1cccc(C(=N)N)c1Oc1ccccc1Br. The van der Waals surface area contributed by atoms with Gasteiger partial charge in [0.15, 0.2) is 0 Å². The monoisotopic (exact) mass is 304 g/mol. The number of ether oxygens (including phenoxy) is 1. The van der Waals surface area contributed by atoms with E-state index in [9.17, 15) is 0 Å². The Kier molecular flexibility index (Phi) is 3.67. The van der Waals surface area contributed by atoms with Crippen molar-refractivity contribution in [1.82, 2.24) is 0 Å². The van der Waals surface area contributed by atoms with Gasteiger partial charge in [0.05, 0.1) is 10.0 Å². The summed E-state index contributed by atoms with van der Waals surface area (Å²) in [5.74, 6) is 1.33. The molecule has 18 heavy (non-hydrogen) atoms. The highest BCUT2D eigenvalue weighted by Crippen LogP contribution is 2.33. The van der Waals surface area contributed by atoms with E-state index in [2.05, 4.69) is 15.9 Å². The average molecular weight is 305 g/mol. The molecule has 0 unspecified atom stereocenters. The molecule has 0 aliphatic rings. The van der Waals surface area contributed by atoms with Crippen LogP contribution in [0.4, 0.5) is 0 Å². The van der Waals surface area contributed by atoms with Gasteiger partial charge in [0.1, 0.15) is 17.3 Å². The first-order valence-electron chi connectivity index (χ1n) is 5.46. The fourth-order valence-corrected chi connectivity index (χ4v) is 2.00. The van der Waals surface area contributed by atoms with Crippen LogP contribution >= 0.6 is 15.9 Å². The number of aryl methyl sites for hydroxylation is 1. The van der Waals surface area contributed by atoms with Crippen LogP contribution in [0, 0.1) is 12.3 Å². The topological polar surface area (TPSA) is 59.1 Å². The van der Waals surface area contributed by atoms with E-state index in [-0.39, 0.29) is 5.84 Å². The predicted octanol–water partition coefficient (Wildman–Crippen LogP) is 3.83. The van der Waals surface area contributed by atoms with Gasteiger partial charge >= 0.3 is 0 Å². The van der Waals surface area contributed by atoms with E-state index in [0.717, 1.165) is 10.0 Å². The zero-order chi connectivity index (χ0) is 13.1. The van der Waals surface area contributed by atoms with Crippen LogP contribution < -0.4 is 10.5 Å². The molecule has 2 aromatic carbocycles. The number of benzene rings is 2. The highest BCUT2D eigenvalue weighted by atomic mass is 79.9. The van der Waals surface area contributed by atoms with Crippen LogP contribution in [0.1, 0.15) is 11.1 Å². The molecule has 0 spiro atoms. The Balaban J connectivity index is 2.46. The van der Waals surface area contributed by atoms with E-state index in [4.69, 9.17) is 15.9 Å². The quantitative estimate of drug-likeness (QED) is 0.668. The molecule has 0 aliphatic carbocycles. The van der Waals surface area contributed by atoms with E-state index in [0.29, 0.717) is 17.1 Å². The molecule has 2 rings (SSSR count). The zero-order valence-electron chi connectivity index (χ0n) is 9.91. The molecule has 0 aliphatic heterocycles. The molecule has 4 heteroatoms. The second-order valence-corrected chi connectivity index (χ2v) is 4.75. The Hall–Kier alpha value is -1.81. The van der Waals surface area contributed by atoms with Crippen LogP contribution in [0.25, 0.3) is 0 Å². The van der Waals surface area contributed by atoms with Crippen molar-refractivity contribution in [2.75, 3.05) is 0 Å². The second-order valence-electron chi connectivity index (χ2n) is 3.90. The number of hydrogen-bond donors (Lipinski definition) is 2. The molecule has 0 saturated carbocycles. The maximum atomic E-state index is 7.58.